The third kappa shape index (κ3) is 2.88. The van der Waals surface area contributed by atoms with Gasteiger partial charge in [0.2, 0.25) is 5.91 Å². The minimum atomic E-state index is -0.0574. The van der Waals surface area contributed by atoms with Gasteiger partial charge >= 0.3 is 0 Å². The van der Waals surface area contributed by atoms with Gasteiger partial charge in [0.05, 0.1) is 6.04 Å². The summed E-state index contributed by atoms with van der Waals surface area (Å²) < 4.78 is 0. The van der Waals surface area contributed by atoms with E-state index in [2.05, 4.69) is 23.6 Å². The fraction of sp³-hybridized carbons (Fsp3) is 0.588. The highest BCUT2D eigenvalue weighted by molar-refractivity contribution is 5.96. The number of hydrogen-bond donors (Lipinski definition) is 2. The van der Waals surface area contributed by atoms with E-state index in [1.54, 1.807) is 0 Å². The first-order chi connectivity index (χ1) is 9.74. The van der Waals surface area contributed by atoms with E-state index in [1.807, 2.05) is 18.2 Å². The first kappa shape index (κ1) is 13.6. The van der Waals surface area contributed by atoms with Crippen molar-refractivity contribution in [3.63, 3.8) is 0 Å². The Morgan fingerprint density at radius 2 is 1.95 bits per heavy atom. The van der Waals surface area contributed by atoms with Crippen LogP contribution in [0.4, 0.5) is 5.69 Å². The zero-order valence-corrected chi connectivity index (χ0v) is 12.2. The first-order valence-corrected chi connectivity index (χ1v) is 7.89. The number of benzene rings is 1. The Labute approximate surface area is 121 Å². The second-order valence-electron chi connectivity index (χ2n) is 6.24. The lowest BCUT2D eigenvalue weighted by Gasteiger charge is -2.25. The summed E-state index contributed by atoms with van der Waals surface area (Å²) in [7, 11) is 0. The average Bonchev–Trinajstić information content (AvgIpc) is 2.93. The molecule has 1 aromatic carbocycles. The Balaban J connectivity index is 1.65. The van der Waals surface area contributed by atoms with Crippen molar-refractivity contribution in [1.29, 1.82) is 0 Å². The molecule has 1 heterocycles. The molecule has 0 aromatic heterocycles. The van der Waals surface area contributed by atoms with Crippen LogP contribution in [0.2, 0.25) is 0 Å². The highest BCUT2D eigenvalue weighted by atomic mass is 16.2. The molecule has 1 fully saturated rings. The van der Waals surface area contributed by atoms with Crippen molar-refractivity contribution in [2.45, 2.75) is 57.5 Å². The van der Waals surface area contributed by atoms with Gasteiger partial charge in [0.25, 0.3) is 0 Å². The van der Waals surface area contributed by atoms with Crippen molar-refractivity contribution in [2.75, 3.05) is 5.32 Å². The van der Waals surface area contributed by atoms with Gasteiger partial charge in [0, 0.05) is 11.7 Å². The standard InChI is InChI=1S/C17H24N2O/c1-12(13-6-2-3-7-13)18-16-11-10-14-8-4-5-9-15(14)19-17(16)20/h4-5,8-9,12-13,16,18H,2-3,6-7,10-11H2,1H3,(H,19,20)/t12-,16?/m1/s1. The molecule has 2 atom stereocenters. The molecule has 0 spiro atoms. The number of para-hydroxylation sites is 1. The summed E-state index contributed by atoms with van der Waals surface area (Å²) >= 11 is 0. The molecule has 108 valence electrons. The molecule has 1 saturated carbocycles. The van der Waals surface area contributed by atoms with Crippen LogP contribution in [-0.2, 0) is 11.2 Å². The number of aryl methyl sites for hydroxylation is 1. The number of nitrogens with one attached hydrogen (secondary N) is 2. The average molecular weight is 272 g/mol. The number of amides is 1. The van der Waals surface area contributed by atoms with E-state index in [4.69, 9.17) is 0 Å². The topological polar surface area (TPSA) is 41.1 Å². The molecular weight excluding hydrogens is 248 g/mol. The zero-order chi connectivity index (χ0) is 13.9. The number of carbonyl (C=O) groups excluding carboxylic acids is 1. The molecular formula is C17H24N2O. The first-order valence-electron chi connectivity index (χ1n) is 7.89. The lowest BCUT2D eigenvalue weighted by Crippen LogP contribution is -2.46. The molecule has 3 heteroatoms. The van der Waals surface area contributed by atoms with Gasteiger partial charge in [-0.3, -0.25) is 4.79 Å². The lowest BCUT2D eigenvalue weighted by atomic mass is 9.97. The van der Waals surface area contributed by atoms with Crippen molar-refractivity contribution in [3.8, 4) is 0 Å². The van der Waals surface area contributed by atoms with Crippen molar-refractivity contribution >= 4 is 11.6 Å². The fourth-order valence-electron chi connectivity index (χ4n) is 3.58. The van der Waals surface area contributed by atoms with E-state index >= 15 is 0 Å². The van der Waals surface area contributed by atoms with Crippen LogP contribution in [0, 0.1) is 5.92 Å². The van der Waals surface area contributed by atoms with Crippen LogP contribution in [0.3, 0.4) is 0 Å². The molecule has 1 unspecified atom stereocenters. The maximum absolute atomic E-state index is 12.4. The number of carbonyl (C=O) groups is 1. The van der Waals surface area contributed by atoms with Gasteiger partial charge in [-0.25, -0.2) is 0 Å². The van der Waals surface area contributed by atoms with Gasteiger partial charge < -0.3 is 10.6 Å². The number of anilines is 1. The smallest absolute Gasteiger partial charge is 0.241 e. The summed E-state index contributed by atoms with van der Waals surface area (Å²) in [6.45, 7) is 2.24. The van der Waals surface area contributed by atoms with Gasteiger partial charge in [0.1, 0.15) is 0 Å². The Hall–Kier alpha value is -1.35. The fourth-order valence-corrected chi connectivity index (χ4v) is 3.58. The SMILES string of the molecule is C[C@@H](NC1CCc2ccccc2NC1=O)C1CCCC1. The largest absolute Gasteiger partial charge is 0.324 e. The monoisotopic (exact) mass is 272 g/mol. The quantitative estimate of drug-likeness (QED) is 0.887. The number of hydrogen-bond acceptors (Lipinski definition) is 2. The van der Waals surface area contributed by atoms with E-state index in [0.29, 0.717) is 6.04 Å². The van der Waals surface area contributed by atoms with E-state index < -0.39 is 0 Å². The molecule has 0 saturated heterocycles. The highest BCUT2D eigenvalue weighted by Crippen LogP contribution is 2.28. The maximum Gasteiger partial charge on any atom is 0.241 e. The Bertz CT molecular complexity index is 480. The van der Waals surface area contributed by atoms with Gasteiger partial charge in [-0.1, -0.05) is 31.0 Å². The second-order valence-corrected chi connectivity index (χ2v) is 6.24. The molecule has 2 aliphatic rings. The molecule has 1 amide bonds. The molecule has 1 aliphatic carbocycles. The predicted octanol–water partition coefficient (Wildman–Crippen LogP) is 3.11. The normalized spacial score (nSPS) is 24.9. The minimum Gasteiger partial charge on any atom is -0.324 e. The van der Waals surface area contributed by atoms with Crippen LogP contribution in [0.1, 0.15) is 44.6 Å². The Morgan fingerprint density at radius 1 is 1.20 bits per heavy atom. The van der Waals surface area contributed by atoms with Gasteiger partial charge in [0.15, 0.2) is 0 Å². The highest BCUT2D eigenvalue weighted by Gasteiger charge is 2.28. The molecule has 20 heavy (non-hydrogen) atoms. The number of rotatable bonds is 3. The van der Waals surface area contributed by atoms with Crippen molar-refractivity contribution in [3.05, 3.63) is 29.8 Å². The van der Waals surface area contributed by atoms with Gasteiger partial charge in [-0.2, -0.15) is 0 Å². The van der Waals surface area contributed by atoms with Crippen molar-refractivity contribution < 1.29 is 4.79 Å². The minimum absolute atomic E-state index is 0.0574. The second kappa shape index (κ2) is 5.96. The Morgan fingerprint density at radius 3 is 2.75 bits per heavy atom. The molecule has 3 nitrogen and oxygen atoms in total. The maximum atomic E-state index is 12.4. The summed E-state index contributed by atoms with van der Waals surface area (Å²) in [6.07, 6.45) is 7.16. The molecule has 2 N–H and O–H groups in total. The van der Waals surface area contributed by atoms with Gasteiger partial charge in [-0.05, 0) is 50.2 Å². The van der Waals surface area contributed by atoms with Crippen LogP contribution in [0.25, 0.3) is 0 Å². The summed E-state index contributed by atoms with van der Waals surface area (Å²) in [5.41, 5.74) is 2.23. The van der Waals surface area contributed by atoms with E-state index in [-0.39, 0.29) is 11.9 Å². The van der Waals surface area contributed by atoms with Crippen LogP contribution in [-0.4, -0.2) is 18.0 Å². The third-order valence-electron chi connectivity index (χ3n) is 4.87. The van der Waals surface area contributed by atoms with E-state index in [9.17, 15) is 4.79 Å². The van der Waals surface area contributed by atoms with Crippen LogP contribution in [0.5, 0.6) is 0 Å². The van der Waals surface area contributed by atoms with Crippen LogP contribution in [0.15, 0.2) is 24.3 Å². The molecule has 1 aromatic rings. The lowest BCUT2D eigenvalue weighted by molar-refractivity contribution is -0.118. The molecule has 3 rings (SSSR count). The summed E-state index contributed by atoms with van der Waals surface area (Å²) in [4.78, 5) is 12.4. The van der Waals surface area contributed by atoms with Crippen molar-refractivity contribution in [1.82, 2.24) is 5.32 Å². The predicted molar refractivity (Wildman–Crippen MR) is 81.7 cm³/mol. The van der Waals surface area contributed by atoms with E-state index in [1.165, 1.54) is 31.2 Å². The Kier molecular flexibility index (Phi) is 4.06. The van der Waals surface area contributed by atoms with E-state index in [0.717, 1.165) is 24.4 Å². The van der Waals surface area contributed by atoms with Gasteiger partial charge in [-0.15, -0.1) is 0 Å². The summed E-state index contributed by atoms with van der Waals surface area (Å²) in [5, 5.41) is 6.64. The summed E-state index contributed by atoms with van der Waals surface area (Å²) in [6, 6.07) is 8.51. The van der Waals surface area contributed by atoms with Crippen molar-refractivity contribution in [2.24, 2.45) is 5.92 Å². The van der Waals surface area contributed by atoms with Crippen LogP contribution >= 0.6 is 0 Å². The van der Waals surface area contributed by atoms with Crippen LogP contribution < -0.4 is 10.6 Å². The zero-order valence-electron chi connectivity index (χ0n) is 12.2. The molecule has 1 aliphatic heterocycles. The summed E-state index contributed by atoms with van der Waals surface area (Å²) in [5.74, 6) is 0.869. The molecule has 0 radical (unpaired) electrons. The number of fused-ring (bicyclic) bond motifs is 1. The molecule has 0 bridgehead atoms. The third-order valence-corrected chi connectivity index (χ3v) is 4.87.